The van der Waals surface area contributed by atoms with E-state index in [4.69, 9.17) is 16.0 Å². The molecule has 1 N–H and O–H groups in total. The number of thiophene rings is 1. The predicted octanol–water partition coefficient (Wildman–Crippen LogP) is 5.42. The average molecular weight is 448 g/mol. The molecule has 0 bridgehead atoms. The molecule has 0 unspecified atom stereocenters. The summed E-state index contributed by atoms with van der Waals surface area (Å²) in [5, 5.41) is 2.96. The maximum absolute atomic E-state index is 13.1. The molecule has 0 saturated heterocycles. The third-order valence-corrected chi connectivity index (χ3v) is 5.90. The van der Waals surface area contributed by atoms with Crippen LogP contribution in [0.3, 0.4) is 0 Å². The summed E-state index contributed by atoms with van der Waals surface area (Å²) in [6.07, 6.45) is 1.30. The lowest BCUT2D eigenvalue weighted by molar-refractivity contribution is 0.0981. The third kappa shape index (κ3) is 3.65. The first kappa shape index (κ1) is 19.3. The second-order valence-corrected chi connectivity index (χ2v) is 8.02. The Morgan fingerprint density at radius 1 is 1.00 bits per heavy atom. The Balaban J connectivity index is 1.46. The van der Waals surface area contributed by atoms with E-state index < -0.39 is 5.91 Å². The fraction of sp³-hybridized carbons (Fsp3) is 0. The highest BCUT2D eigenvalue weighted by atomic mass is 35.5. The summed E-state index contributed by atoms with van der Waals surface area (Å²) in [6.45, 7) is 0. The van der Waals surface area contributed by atoms with Crippen LogP contribution in [0.2, 0.25) is 5.02 Å². The van der Waals surface area contributed by atoms with Gasteiger partial charge < -0.3 is 4.42 Å². The first-order valence-corrected chi connectivity index (χ1v) is 10.6. The van der Waals surface area contributed by atoms with Gasteiger partial charge in [0.2, 0.25) is 0 Å². The Hall–Kier alpha value is -3.68. The van der Waals surface area contributed by atoms with Crippen LogP contribution < -0.4 is 11.0 Å². The molecule has 0 saturated carbocycles. The van der Waals surface area contributed by atoms with Crippen molar-refractivity contribution in [2.45, 2.75) is 0 Å². The van der Waals surface area contributed by atoms with Gasteiger partial charge in [0.15, 0.2) is 5.76 Å². The van der Waals surface area contributed by atoms with Gasteiger partial charge in [-0.15, -0.1) is 11.3 Å². The number of nitrogens with one attached hydrogen (secondary N) is 1. The number of rotatable bonds is 4. The Morgan fingerprint density at radius 2 is 1.77 bits per heavy atom. The minimum atomic E-state index is -0.556. The molecule has 31 heavy (non-hydrogen) atoms. The molecule has 152 valence electrons. The molecule has 3 heterocycles. The predicted molar refractivity (Wildman–Crippen MR) is 122 cm³/mol. The van der Waals surface area contributed by atoms with E-state index in [1.165, 1.54) is 17.7 Å². The van der Waals surface area contributed by atoms with Gasteiger partial charge >= 0.3 is 5.91 Å². The lowest BCUT2D eigenvalue weighted by Crippen LogP contribution is -2.33. The number of hydrogen-bond acceptors (Lipinski definition) is 5. The molecular formula is C23H14ClN3O3S. The minimum Gasteiger partial charge on any atom is -0.451 e. The van der Waals surface area contributed by atoms with Crippen LogP contribution in [0.5, 0.6) is 0 Å². The van der Waals surface area contributed by atoms with E-state index in [1.54, 1.807) is 36.4 Å². The largest absolute Gasteiger partial charge is 0.451 e. The number of aromatic nitrogens is 2. The van der Waals surface area contributed by atoms with Gasteiger partial charge in [-0.3, -0.25) is 15.0 Å². The molecule has 6 nitrogen and oxygen atoms in total. The third-order valence-electron chi connectivity index (χ3n) is 4.76. The van der Waals surface area contributed by atoms with Gasteiger partial charge in [0, 0.05) is 21.5 Å². The molecule has 2 aromatic carbocycles. The number of carbonyl (C=O) groups excluding carboxylic acids is 1. The number of benzene rings is 2. The van der Waals surface area contributed by atoms with Gasteiger partial charge in [-0.25, -0.2) is 9.66 Å². The average Bonchev–Trinajstić information content (AvgIpc) is 3.45. The minimum absolute atomic E-state index is 0.0746. The van der Waals surface area contributed by atoms with Gasteiger partial charge in [-0.1, -0.05) is 41.9 Å². The standard InChI is InChI=1S/C23H14ClN3O3S/c24-16-8-6-15(7-9-16)18-10-11-19(30-18)21(28)26-27-13-25-22-20(23(27)29)17(12-31-22)14-4-2-1-3-5-14/h1-13H,(H,26,28). The van der Waals surface area contributed by atoms with Gasteiger partial charge in [0.25, 0.3) is 5.56 Å². The van der Waals surface area contributed by atoms with Crippen LogP contribution in [0.1, 0.15) is 10.6 Å². The summed E-state index contributed by atoms with van der Waals surface area (Å²) >= 11 is 7.29. The zero-order chi connectivity index (χ0) is 21.4. The fourth-order valence-corrected chi connectivity index (χ4v) is 4.27. The van der Waals surface area contributed by atoms with E-state index in [-0.39, 0.29) is 11.3 Å². The molecule has 0 fully saturated rings. The molecule has 1 amide bonds. The van der Waals surface area contributed by atoms with Crippen molar-refractivity contribution in [2.24, 2.45) is 0 Å². The highest BCUT2D eigenvalue weighted by Gasteiger charge is 2.17. The summed E-state index contributed by atoms with van der Waals surface area (Å²) < 4.78 is 6.74. The molecular weight excluding hydrogens is 434 g/mol. The van der Waals surface area contributed by atoms with Crippen molar-refractivity contribution in [3.05, 3.63) is 99.6 Å². The number of hydrogen-bond donors (Lipinski definition) is 1. The van der Waals surface area contributed by atoms with Gasteiger partial charge in [0.1, 0.15) is 16.9 Å². The number of amides is 1. The highest BCUT2D eigenvalue weighted by Crippen LogP contribution is 2.30. The first-order chi connectivity index (χ1) is 15.1. The van der Waals surface area contributed by atoms with E-state index in [0.29, 0.717) is 21.0 Å². The summed E-state index contributed by atoms with van der Waals surface area (Å²) in [5.41, 5.74) is 4.68. The zero-order valence-corrected chi connectivity index (χ0v) is 17.5. The lowest BCUT2D eigenvalue weighted by atomic mass is 10.1. The lowest BCUT2D eigenvalue weighted by Gasteiger charge is -2.07. The van der Waals surface area contributed by atoms with Crippen molar-refractivity contribution in [3.8, 4) is 22.5 Å². The van der Waals surface area contributed by atoms with Crippen LogP contribution in [-0.2, 0) is 0 Å². The molecule has 0 aliphatic carbocycles. The van der Waals surface area contributed by atoms with Crippen molar-refractivity contribution < 1.29 is 9.21 Å². The van der Waals surface area contributed by atoms with E-state index in [1.807, 2.05) is 35.7 Å². The fourth-order valence-electron chi connectivity index (χ4n) is 3.24. The molecule has 5 aromatic rings. The Bertz CT molecular complexity index is 1450. The van der Waals surface area contributed by atoms with Crippen LogP contribution in [-0.4, -0.2) is 15.6 Å². The second-order valence-electron chi connectivity index (χ2n) is 6.73. The normalized spacial score (nSPS) is 11.0. The summed E-state index contributed by atoms with van der Waals surface area (Å²) in [4.78, 5) is 30.7. The van der Waals surface area contributed by atoms with E-state index >= 15 is 0 Å². The van der Waals surface area contributed by atoms with Crippen molar-refractivity contribution in [3.63, 3.8) is 0 Å². The SMILES string of the molecule is O=C(Nn1cnc2scc(-c3ccccc3)c2c1=O)c1ccc(-c2ccc(Cl)cc2)o1. The van der Waals surface area contributed by atoms with Crippen LogP contribution in [0.4, 0.5) is 0 Å². The molecule has 0 spiro atoms. The molecule has 8 heteroatoms. The number of fused-ring (bicyclic) bond motifs is 1. The van der Waals surface area contributed by atoms with Crippen molar-refractivity contribution in [1.29, 1.82) is 0 Å². The number of nitrogens with zero attached hydrogens (tertiary/aromatic N) is 2. The maximum atomic E-state index is 13.1. The first-order valence-electron chi connectivity index (χ1n) is 9.31. The topological polar surface area (TPSA) is 77.1 Å². The van der Waals surface area contributed by atoms with E-state index in [9.17, 15) is 9.59 Å². The van der Waals surface area contributed by atoms with Gasteiger partial charge in [-0.05, 0) is 42.0 Å². The molecule has 5 rings (SSSR count). The van der Waals surface area contributed by atoms with Crippen molar-refractivity contribution >= 4 is 39.1 Å². The number of carbonyl (C=O) groups is 1. The Labute approximate surface area is 185 Å². The molecule has 0 aliphatic rings. The smallest absolute Gasteiger partial charge is 0.305 e. The van der Waals surface area contributed by atoms with Crippen LogP contribution in [0.15, 0.2) is 87.6 Å². The number of furan rings is 1. The zero-order valence-electron chi connectivity index (χ0n) is 15.9. The second kappa shape index (κ2) is 7.86. The quantitative estimate of drug-likeness (QED) is 0.399. The van der Waals surface area contributed by atoms with E-state index in [0.717, 1.165) is 21.4 Å². The summed E-state index contributed by atoms with van der Waals surface area (Å²) in [6, 6.07) is 19.9. The molecule has 0 aliphatic heterocycles. The van der Waals surface area contributed by atoms with Gasteiger partial charge in [-0.2, -0.15) is 0 Å². The monoisotopic (exact) mass is 447 g/mol. The van der Waals surface area contributed by atoms with E-state index in [2.05, 4.69) is 10.4 Å². The maximum Gasteiger partial charge on any atom is 0.305 e. The Morgan fingerprint density at radius 3 is 2.55 bits per heavy atom. The summed E-state index contributed by atoms with van der Waals surface area (Å²) in [7, 11) is 0. The molecule has 3 aromatic heterocycles. The van der Waals surface area contributed by atoms with Crippen molar-refractivity contribution in [2.75, 3.05) is 5.43 Å². The Kier molecular flexibility index (Phi) is 4.89. The van der Waals surface area contributed by atoms with Crippen molar-refractivity contribution in [1.82, 2.24) is 9.66 Å². The molecule has 0 radical (unpaired) electrons. The summed E-state index contributed by atoms with van der Waals surface area (Å²) in [5.74, 6) is 0.0393. The van der Waals surface area contributed by atoms with Crippen LogP contribution >= 0.6 is 22.9 Å². The molecule has 0 atom stereocenters. The van der Waals surface area contributed by atoms with Gasteiger partial charge in [0.05, 0.1) is 5.39 Å². The van der Waals surface area contributed by atoms with Crippen LogP contribution in [0.25, 0.3) is 32.7 Å². The highest BCUT2D eigenvalue weighted by molar-refractivity contribution is 7.17. The van der Waals surface area contributed by atoms with Crippen LogP contribution in [0, 0.1) is 0 Å². The number of halogens is 1.